The lowest BCUT2D eigenvalue weighted by molar-refractivity contribution is 0.0569. The molecule has 0 unspecified atom stereocenters. The maximum Gasteiger partial charge on any atom is 0.257 e. The summed E-state index contributed by atoms with van der Waals surface area (Å²) in [6.07, 6.45) is 7.78. The number of hydrogen-bond donors (Lipinski definition) is 1. The minimum Gasteiger partial charge on any atom is -0.355 e. The summed E-state index contributed by atoms with van der Waals surface area (Å²) in [7, 11) is 2.18. The number of aromatic nitrogens is 2. The van der Waals surface area contributed by atoms with E-state index in [1.807, 2.05) is 6.92 Å². The molecule has 3 rings (SSSR count). The Morgan fingerprint density at radius 1 is 1.15 bits per heavy atom. The summed E-state index contributed by atoms with van der Waals surface area (Å²) in [4.78, 5) is 28.5. The first-order valence-electron chi connectivity index (χ1n) is 9.95. The van der Waals surface area contributed by atoms with Crippen LogP contribution in [0, 0.1) is 0 Å². The van der Waals surface area contributed by atoms with Gasteiger partial charge in [0, 0.05) is 64.2 Å². The van der Waals surface area contributed by atoms with Gasteiger partial charge in [-0.05, 0) is 39.7 Å². The smallest absolute Gasteiger partial charge is 0.257 e. The minimum atomic E-state index is 0.0797. The van der Waals surface area contributed by atoms with Crippen LogP contribution in [0.4, 0.5) is 5.95 Å². The van der Waals surface area contributed by atoms with Crippen LogP contribution < -0.4 is 5.32 Å². The second kappa shape index (κ2) is 9.28. The Morgan fingerprint density at radius 3 is 2.58 bits per heavy atom. The van der Waals surface area contributed by atoms with E-state index >= 15 is 0 Å². The molecule has 1 atom stereocenters. The number of rotatable bonds is 6. The third-order valence-corrected chi connectivity index (χ3v) is 5.50. The quantitative estimate of drug-likeness (QED) is 0.830. The van der Waals surface area contributed by atoms with Crippen molar-refractivity contribution < 1.29 is 4.79 Å². The second-order valence-electron chi connectivity index (χ2n) is 7.41. The molecular weight excluding hydrogens is 328 g/mol. The van der Waals surface area contributed by atoms with Crippen molar-refractivity contribution in [3.63, 3.8) is 0 Å². The molecule has 2 aliphatic heterocycles. The molecule has 0 spiro atoms. The number of likely N-dealkylation sites (tertiary alicyclic amines) is 1. The molecule has 26 heavy (non-hydrogen) atoms. The predicted molar refractivity (Wildman–Crippen MR) is 103 cm³/mol. The van der Waals surface area contributed by atoms with Crippen molar-refractivity contribution in [3.05, 3.63) is 18.0 Å². The molecule has 1 N–H and O–H groups in total. The van der Waals surface area contributed by atoms with Gasteiger partial charge in [0.2, 0.25) is 5.95 Å². The van der Waals surface area contributed by atoms with E-state index < -0.39 is 0 Å². The summed E-state index contributed by atoms with van der Waals surface area (Å²) in [5.41, 5.74) is 0.596. The minimum absolute atomic E-state index is 0.0797. The second-order valence-corrected chi connectivity index (χ2v) is 7.41. The fraction of sp³-hybridized carbons (Fsp3) is 0.737. The van der Waals surface area contributed by atoms with Crippen molar-refractivity contribution >= 4 is 11.9 Å². The van der Waals surface area contributed by atoms with Crippen LogP contribution in [0.1, 0.15) is 43.0 Å². The van der Waals surface area contributed by atoms with E-state index in [0.29, 0.717) is 17.6 Å². The zero-order valence-corrected chi connectivity index (χ0v) is 16.2. The number of nitrogens with one attached hydrogen (secondary N) is 1. The molecule has 2 saturated heterocycles. The van der Waals surface area contributed by atoms with Gasteiger partial charge in [-0.15, -0.1) is 0 Å². The van der Waals surface area contributed by atoms with Crippen LogP contribution in [0.2, 0.25) is 0 Å². The highest BCUT2D eigenvalue weighted by atomic mass is 16.2. The molecule has 0 bridgehead atoms. The van der Waals surface area contributed by atoms with Gasteiger partial charge in [0.15, 0.2) is 0 Å². The number of anilines is 1. The van der Waals surface area contributed by atoms with Crippen LogP contribution in [0.5, 0.6) is 0 Å². The van der Waals surface area contributed by atoms with E-state index in [4.69, 9.17) is 0 Å². The van der Waals surface area contributed by atoms with Gasteiger partial charge in [-0.25, -0.2) is 9.97 Å². The number of piperidine rings is 1. The van der Waals surface area contributed by atoms with Crippen molar-refractivity contribution in [3.8, 4) is 0 Å². The van der Waals surface area contributed by atoms with Gasteiger partial charge < -0.3 is 20.0 Å². The van der Waals surface area contributed by atoms with E-state index in [2.05, 4.69) is 37.0 Å². The van der Waals surface area contributed by atoms with Gasteiger partial charge in [0.25, 0.3) is 5.91 Å². The lowest BCUT2D eigenvalue weighted by atomic mass is 9.98. The zero-order chi connectivity index (χ0) is 18.4. The van der Waals surface area contributed by atoms with E-state index in [1.165, 1.54) is 6.42 Å². The van der Waals surface area contributed by atoms with Crippen molar-refractivity contribution in [1.82, 2.24) is 24.7 Å². The van der Waals surface area contributed by atoms with E-state index in [0.717, 1.165) is 65.1 Å². The average Bonchev–Trinajstić information content (AvgIpc) is 2.68. The summed E-state index contributed by atoms with van der Waals surface area (Å²) in [5, 5.41) is 3.07. The molecule has 0 radical (unpaired) electrons. The largest absolute Gasteiger partial charge is 0.355 e. The van der Waals surface area contributed by atoms with Gasteiger partial charge in [0.05, 0.1) is 5.56 Å². The van der Waals surface area contributed by atoms with Crippen LogP contribution in [0.15, 0.2) is 12.4 Å². The number of carbonyl (C=O) groups is 1. The van der Waals surface area contributed by atoms with Crippen molar-refractivity contribution in [2.75, 3.05) is 58.2 Å². The summed E-state index contributed by atoms with van der Waals surface area (Å²) in [6, 6.07) is 0.337. The van der Waals surface area contributed by atoms with Gasteiger partial charge in [-0.1, -0.05) is 0 Å². The summed E-state index contributed by atoms with van der Waals surface area (Å²) in [5.74, 6) is 0.658. The van der Waals surface area contributed by atoms with Gasteiger partial charge >= 0.3 is 0 Å². The first-order chi connectivity index (χ1) is 12.7. The molecule has 7 heteroatoms. The molecule has 3 heterocycles. The third-order valence-electron chi connectivity index (χ3n) is 5.50. The van der Waals surface area contributed by atoms with Gasteiger partial charge in [0.1, 0.15) is 0 Å². The molecule has 2 aliphatic rings. The van der Waals surface area contributed by atoms with Gasteiger partial charge in [-0.3, -0.25) is 4.79 Å². The molecule has 0 aromatic carbocycles. The number of hydrogen-bond acceptors (Lipinski definition) is 6. The third kappa shape index (κ3) is 4.92. The van der Waals surface area contributed by atoms with E-state index in [1.54, 1.807) is 12.4 Å². The maximum absolute atomic E-state index is 13.0. The monoisotopic (exact) mass is 360 g/mol. The molecule has 1 aromatic rings. The molecular formula is C19H32N6O. The van der Waals surface area contributed by atoms with Crippen LogP contribution >= 0.6 is 0 Å². The van der Waals surface area contributed by atoms with Crippen LogP contribution in [0.3, 0.4) is 0 Å². The average molecular weight is 361 g/mol. The van der Waals surface area contributed by atoms with Crippen LogP contribution in [-0.2, 0) is 0 Å². The topological polar surface area (TPSA) is 64.6 Å². The van der Waals surface area contributed by atoms with E-state index in [9.17, 15) is 4.79 Å². The fourth-order valence-electron chi connectivity index (χ4n) is 3.82. The predicted octanol–water partition coefficient (Wildman–Crippen LogP) is 1.54. The number of nitrogens with zero attached hydrogens (tertiary/aromatic N) is 5. The number of piperazine rings is 1. The van der Waals surface area contributed by atoms with Crippen LogP contribution in [-0.4, -0.2) is 89.5 Å². The van der Waals surface area contributed by atoms with Crippen molar-refractivity contribution in [1.29, 1.82) is 0 Å². The van der Waals surface area contributed by atoms with Crippen molar-refractivity contribution in [2.45, 2.75) is 38.6 Å². The Bertz CT molecular complexity index is 570. The highest BCUT2D eigenvalue weighted by Gasteiger charge is 2.28. The lowest BCUT2D eigenvalue weighted by Gasteiger charge is -2.38. The van der Waals surface area contributed by atoms with Crippen molar-refractivity contribution in [2.24, 2.45) is 0 Å². The van der Waals surface area contributed by atoms with E-state index in [-0.39, 0.29) is 5.91 Å². The molecule has 144 valence electrons. The highest BCUT2D eigenvalue weighted by molar-refractivity contribution is 5.94. The Hall–Kier alpha value is -1.73. The number of amides is 1. The first-order valence-corrected chi connectivity index (χ1v) is 9.95. The fourth-order valence-corrected chi connectivity index (χ4v) is 3.82. The zero-order valence-electron chi connectivity index (χ0n) is 16.2. The molecule has 7 nitrogen and oxygen atoms in total. The maximum atomic E-state index is 13.0. The normalized spacial score (nSPS) is 22.4. The van der Waals surface area contributed by atoms with Crippen LogP contribution in [0.25, 0.3) is 0 Å². The molecule has 0 saturated carbocycles. The lowest BCUT2D eigenvalue weighted by Crippen LogP contribution is -2.48. The van der Waals surface area contributed by atoms with Gasteiger partial charge in [-0.2, -0.15) is 0 Å². The SMILES string of the molecule is CCNc1ncc(C(=O)N2CCCC[C@H]2CCN2CCN(C)CC2)cn1. The standard InChI is InChI=1S/C19H32N6O/c1-3-20-19-21-14-16(15-22-19)18(26)25-8-5-4-6-17(25)7-9-24-12-10-23(2)11-13-24/h14-15,17H,3-13H2,1-2H3,(H,20,21,22)/t17-/m0/s1. The summed E-state index contributed by atoms with van der Waals surface area (Å²) >= 11 is 0. The molecule has 1 amide bonds. The number of carbonyl (C=O) groups excluding carboxylic acids is 1. The molecule has 2 fully saturated rings. The first kappa shape index (κ1) is 19.0. The highest BCUT2D eigenvalue weighted by Crippen LogP contribution is 2.22. The Kier molecular flexibility index (Phi) is 6.80. The molecule has 1 aromatic heterocycles. The summed E-state index contributed by atoms with van der Waals surface area (Å²) < 4.78 is 0. The summed E-state index contributed by atoms with van der Waals surface area (Å²) in [6.45, 7) is 9.26. The Morgan fingerprint density at radius 2 is 1.88 bits per heavy atom. The Labute approximate surface area is 156 Å². The number of likely N-dealkylation sites (N-methyl/N-ethyl adjacent to an activating group) is 1. The molecule has 0 aliphatic carbocycles. The Balaban J connectivity index is 1.57.